The van der Waals surface area contributed by atoms with Gasteiger partial charge in [-0.15, -0.1) is 0 Å². The maximum Gasteiger partial charge on any atom is 0.367 e. The molecule has 6 heteroatoms. The molecule has 1 unspecified atom stereocenters. The van der Waals surface area contributed by atoms with E-state index in [1.807, 2.05) is 6.07 Å². The highest BCUT2D eigenvalue weighted by atomic mass is 35.5. The van der Waals surface area contributed by atoms with Gasteiger partial charge >= 0.3 is 5.97 Å². The van der Waals surface area contributed by atoms with Crippen LogP contribution in [0.25, 0.3) is 0 Å². The van der Waals surface area contributed by atoms with Crippen LogP contribution in [0, 0.1) is 0 Å². The van der Waals surface area contributed by atoms with Crippen LogP contribution in [0.3, 0.4) is 0 Å². The Kier molecular flexibility index (Phi) is 3.30. The van der Waals surface area contributed by atoms with Crippen molar-refractivity contribution in [1.29, 1.82) is 0 Å². The molecule has 1 saturated carbocycles. The van der Waals surface area contributed by atoms with Gasteiger partial charge in [-0.2, -0.15) is 0 Å². The van der Waals surface area contributed by atoms with Crippen molar-refractivity contribution in [3.63, 3.8) is 0 Å². The van der Waals surface area contributed by atoms with E-state index in [0.717, 1.165) is 13.3 Å². The molecule has 0 saturated heterocycles. The monoisotopic (exact) mass is 310 g/mol. The molecule has 1 fully saturated rings. The van der Waals surface area contributed by atoms with Crippen LogP contribution >= 0.6 is 11.6 Å². The van der Waals surface area contributed by atoms with Crippen molar-refractivity contribution in [2.75, 3.05) is 0 Å². The molecular weight excluding hydrogens is 295 g/mol. The summed E-state index contributed by atoms with van der Waals surface area (Å²) in [5.41, 5.74) is 6.58. The predicted molar refractivity (Wildman–Crippen MR) is 78.0 cm³/mol. The minimum Gasteiger partial charge on any atom is -0.452 e. The van der Waals surface area contributed by atoms with E-state index in [1.54, 1.807) is 18.2 Å². The lowest BCUT2D eigenvalue weighted by atomic mass is 9.73. The highest BCUT2D eigenvalue weighted by Gasteiger charge is 2.51. The van der Waals surface area contributed by atoms with Crippen molar-refractivity contribution in [1.82, 2.24) is 0 Å². The van der Waals surface area contributed by atoms with Crippen molar-refractivity contribution in [2.24, 2.45) is 10.7 Å². The van der Waals surface area contributed by atoms with Crippen LogP contribution in [0.1, 0.15) is 31.7 Å². The third kappa shape index (κ3) is 2.24. The molecule has 2 aliphatic rings. The van der Waals surface area contributed by atoms with Crippen LogP contribution < -0.4 is 5.73 Å². The van der Waals surface area contributed by atoms with Gasteiger partial charge in [0, 0.05) is 11.9 Å². The van der Waals surface area contributed by atoms with Gasteiger partial charge in [0.2, 0.25) is 0 Å². The van der Waals surface area contributed by atoms with E-state index < -0.39 is 23.4 Å². The van der Waals surface area contributed by atoms with Gasteiger partial charge in [-0.1, -0.05) is 29.8 Å². The number of alkyl halides is 1. The Labute approximate surface area is 127 Å². The molecule has 4 nitrogen and oxygen atoms in total. The minimum atomic E-state index is -2.39. The van der Waals surface area contributed by atoms with E-state index in [0.29, 0.717) is 29.1 Å². The Morgan fingerprint density at radius 1 is 1.48 bits per heavy atom. The second-order valence-electron chi connectivity index (χ2n) is 5.69. The zero-order chi connectivity index (χ0) is 15.3. The van der Waals surface area contributed by atoms with Crippen LogP contribution in [0.2, 0.25) is 5.02 Å². The van der Waals surface area contributed by atoms with Crippen molar-refractivity contribution >= 4 is 23.3 Å². The quantitative estimate of drug-likeness (QED) is 0.641. The number of esters is 1. The van der Waals surface area contributed by atoms with Crippen LogP contribution in [-0.4, -0.2) is 23.6 Å². The summed E-state index contributed by atoms with van der Waals surface area (Å²) < 4.78 is 19.4. The highest BCUT2D eigenvalue weighted by molar-refractivity contribution is 6.32. The van der Waals surface area contributed by atoms with Gasteiger partial charge < -0.3 is 10.5 Å². The maximum atomic E-state index is 14.2. The molecule has 2 N–H and O–H groups in total. The summed E-state index contributed by atoms with van der Waals surface area (Å²) in [6, 6.07) is 7.17. The Morgan fingerprint density at radius 2 is 2.19 bits per heavy atom. The Bertz CT molecular complexity index is 632. The second kappa shape index (κ2) is 4.78. The van der Waals surface area contributed by atoms with E-state index in [9.17, 15) is 9.18 Å². The van der Waals surface area contributed by atoms with Gasteiger partial charge in [0.05, 0.1) is 11.3 Å². The summed E-state index contributed by atoms with van der Waals surface area (Å²) in [6.07, 6.45) is 1.36. The number of benzene rings is 1. The number of ether oxygens (including phenoxy) is 1. The molecule has 1 aliphatic heterocycles. The lowest BCUT2D eigenvalue weighted by Crippen LogP contribution is -2.58. The van der Waals surface area contributed by atoms with E-state index in [4.69, 9.17) is 22.1 Å². The highest BCUT2D eigenvalue weighted by Crippen LogP contribution is 2.40. The first-order chi connectivity index (χ1) is 9.84. The van der Waals surface area contributed by atoms with E-state index in [2.05, 4.69) is 4.99 Å². The smallest absolute Gasteiger partial charge is 0.367 e. The van der Waals surface area contributed by atoms with Gasteiger partial charge in [-0.3, -0.25) is 0 Å². The zero-order valence-electron chi connectivity index (χ0n) is 11.6. The molecule has 0 amide bonds. The Morgan fingerprint density at radius 3 is 2.90 bits per heavy atom. The normalized spacial score (nSPS) is 35.7. The maximum absolute atomic E-state index is 14.2. The molecule has 0 spiro atoms. The molecule has 3 rings (SSSR count). The van der Waals surface area contributed by atoms with Crippen molar-refractivity contribution in [3.8, 4) is 0 Å². The molecule has 0 bridgehead atoms. The molecule has 112 valence electrons. The average molecular weight is 311 g/mol. The van der Waals surface area contributed by atoms with Crippen LogP contribution in [-0.2, 0) is 15.1 Å². The molecule has 1 aromatic carbocycles. The number of carbonyl (C=O) groups is 1. The number of fused-ring (bicyclic) bond motifs is 1. The summed E-state index contributed by atoms with van der Waals surface area (Å²) in [6.45, 7) is 1.08. The lowest BCUT2D eigenvalue weighted by Gasteiger charge is -2.43. The van der Waals surface area contributed by atoms with E-state index in [1.165, 1.54) is 0 Å². The summed E-state index contributed by atoms with van der Waals surface area (Å²) in [5.74, 6) is -3.35. The first-order valence-corrected chi connectivity index (χ1v) is 7.26. The van der Waals surface area contributed by atoms with Gasteiger partial charge in [0.15, 0.2) is 0 Å². The fourth-order valence-corrected chi connectivity index (χ4v) is 3.31. The molecular formula is C15H16ClFN2O2. The number of nitrogens with zero attached hydrogens (tertiary/aromatic N) is 1. The SMILES string of the molecule is CC1(F)N=C2[C@@H](CCC[C@@]2(N)c2ccccc2Cl)OC1=O. The van der Waals surface area contributed by atoms with Gasteiger partial charge in [0.1, 0.15) is 6.10 Å². The molecule has 1 heterocycles. The standard InChI is InChI=1S/C15H16ClFN2O2/c1-14(17)13(20)21-11-7-4-8-15(18,12(11)19-14)9-5-2-3-6-10(9)16/h2-3,5-6,11H,4,7-8,18H2,1H3/t11-,14?,15-/m1/s1. The predicted octanol–water partition coefficient (Wildman–Crippen LogP) is 2.73. The van der Waals surface area contributed by atoms with Crippen LogP contribution in [0.5, 0.6) is 0 Å². The molecule has 1 aromatic rings. The number of halogens is 2. The Balaban J connectivity index is 2.14. The fourth-order valence-electron chi connectivity index (χ4n) is 3.01. The number of rotatable bonds is 1. The topological polar surface area (TPSA) is 64.7 Å². The largest absolute Gasteiger partial charge is 0.452 e. The molecule has 0 radical (unpaired) electrons. The van der Waals surface area contributed by atoms with Crippen LogP contribution in [0.15, 0.2) is 29.3 Å². The lowest BCUT2D eigenvalue weighted by molar-refractivity contribution is -0.161. The zero-order valence-corrected chi connectivity index (χ0v) is 12.4. The number of nitrogens with two attached hydrogens (primary N) is 1. The molecule has 1 aliphatic carbocycles. The second-order valence-corrected chi connectivity index (χ2v) is 6.10. The first-order valence-electron chi connectivity index (χ1n) is 6.89. The van der Waals surface area contributed by atoms with Crippen molar-refractivity contribution in [2.45, 2.75) is 43.6 Å². The minimum absolute atomic E-state index is 0.367. The van der Waals surface area contributed by atoms with Gasteiger partial charge in [-0.25, -0.2) is 14.2 Å². The number of aliphatic imine (C=N–C) groups is 1. The summed E-state index contributed by atoms with van der Waals surface area (Å²) in [7, 11) is 0. The summed E-state index contributed by atoms with van der Waals surface area (Å²) >= 11 is 6.24. The van der Waals surface area contributed by atoms with E-state index >= 15 is 0 Å². The summed E-state index contributed by atoms with van der Waals surface area (Å²) in [5, 5.41) is 0.501. The third-order valence-electron chi connectivity index (χ3n) is 4.11. The first kappa shape index (κ1) is 14.5. The van der Waals surface area contributed by atoms with Crippen molar-refractivity contribution in [3.05, 3.63) is 34.9 Å². The number of carbonyl (C=O) groups excluding carboxylic acids is 1. The third-order valence-corrected chi connectivity index (χ3v) is 4.44. The van der Waals surface area contributed by atoms with Crippen molar-refractivity contribution < 1.29 is 13.9 Å². The molecule has 0 aromatic heterocycles. The molecule has 3 atom stereocenters. The Hall–Kier alpha value is -1.46. The molecule has 21 heavy (non-hydrogen) atoms. The fraction of sp³-hybridized carbons (Fsp3) is 0.467. The van der Waals surface area contributed by atoms with Crippen LogP contribution in [0.4, 0.5) is 4.39 Å². The number of hydrogen-bond acceptors (Lipinski definition) is 4. The van der Waals surface area contributed by atoms with Gasteiger partial charge in [0.25, 0.3) is 5.79 Å². The number of hydrogen-bond donors (Lipinski definition) is 1. The summed E-state index contributed by atoms with van der Waals surface area (Å²) in [4.78, 5) is 15.6. The average Bonchev–Trinajstić information content (AvgIpc) is 2.42. The van der Waals surface area contributed by atoms with Gasteiger partial charge in [-0.05, 0) is 30.9 Å². The van der Waals surface area contributed by atoms with E-state index in [-0.39, 0.29) is 0 Å².